The van der Waals surface area contributed by atoms with Gasteiger partial charge in [-0.2, -0.15) is 0 Å². The number of hydrogen-bond donors (Lipinski definition) is 3. The van der Waals surface area contributed by atoms with Crippen LogP contribution in [0.15, 0.2) is 23.6 Å². The molecule has 1 aliphatic rings. The number of aryl methyl sites for hydroxylation is 1. The smallest absolute Gasteiger partial charge is 0.256 e. The summed E-state index contributed by atoms with van der Waals surface area (Å²) in [6.45, 7) is 6.67. The third kappa shape index (κ3) is 5.68. The van der Waals surface area contributed by atoms with Crippen molar-refractivity contribution in [3.8, 4) is 0 Å². The zero-order valence-electron chi connectivity index (χ0n) is 18.4. The summed E-state index contributed by atoms with van der Waals surface area (Å²) >= 11 is 7.72. The molecule has 2 aromatic rings. The number of hydrogen-bond acceptors (Lipinski definition) is 6. The zero-order chi connectivity index (χ0) is 23.1. The highest BCUT2D eigenvalue weighted by molar-refractivity contribution is 7.10. The number of thiophene rings is 1. The monoisotopic (exact) mass is 476 g/mol. The molecule has 1 aromatic heterocycles. The van der Waals surface area contributed by atoms with E-state index >= 15 is 0 Å². The van der Waals surface area contributed by atoms with Crippen molar-refractivity contribution in [3.05, 3.63) is 50.2 Å². The van der Waals surface area contributed by atoms with Crippen LogP contribution in [-0.2, 0) is 22.7 Å². The lowest BCUT2D eigenvalue weighted by atomic mass is 10.1. The van der Waals surface area contributed by atoms with Gasteiger partial charge in [0.1, 0.15) is 6.04 Å². The van der Waals surface area contributed by atoms with E-state index in [4.69, 9.17) is 11.6 Å². The third-order valence-electron chi connectivity index (χ3n) is 5.56. The lowest BCUT2D eigenvalue weighted by molar-refractivity contribution is -0.129. The summed E-state index contributed by atoms with van der Waals surface area (Å²) in [5, 5.41) is 11.6. The van der Waals surface area contributed by atoms with E-state index in [2.05, 4.69) is 16.0 Å². The molecule has 1 aromatic carbocycles. The van der Waals surface area contributed by atoms with Crippen molar-refractivity contribution in [2.75, 3.05) is 18.4 Å². The molecule has 3 amide bonds. The maximum Gasteiger partial charge on any atom is 0.256 e. The predicted octanol–water partition coefficient (Wildman–Crippen LogP) is 3.70. The summed E-state index contributed by atoms with van der Waals surface area (Å²) in [6, 6.07) is 5.33. The Morgan fingerprint density at radius 3 is 2.88 bits per heavy atom. The fraction of sp³-hybridized carbons (Fsp3) is 0.435. The number of anilines is 1. The molecule has 1 aliphatic heterocycles. The van der Waals surface area contributed by atoms with Crippen molar-refractivity contribution >= 4 is 46.8 Å². The molecule has 0 aliphatic carbocycles. The van der Waals surface area contributed by atoms with Crippen molar-refractivity contribution in [2.24, 2.45) is 0 Å². The van der Waals surface area contributed by atoms with E-state index in [9.17, 15) is 14.4 Å². The molecule has 7 nitrogen and oxygen atoms in total. The van der Waals surface area contributed by atoms with E-state index in [0.717, 1.165) is 52.6 Å². The molecule has 1 unspecified atom stereocenters. The van der Waals surface area contributed by atoms with Crippen LogP contribution in [0.4, 0.5) is 5.69 Å². The summed E-state index contributed by atoms with van der Waals surface area (Å²) in [5.41, 5.74) is 3.73. The van der Waals surface area contributed by atoms with Crippen molar-refractivity contribution in [1.29, 1.82) is 0 Å². The average Bonchev–Trinajstić information content (AvgIpc) is 3.31. The molecular formula is C23H29ClN4O3S. The van der Waals surface area contributed by atoms with E-state index in [1.165, 1.54) is 0 Å². The molecule has 0 fully saturated rings. The van der Waals surface area contributed by atoms with E-state index in [0.29, 0.717) is 31.5 Å². The van der Waals surface area contributed by atoms with Crippen molar-refractivity contribution in [3.63, 3.8) is 0 Å². The van der Waals surface area contributed by atoms with E-state index in [1.807, 2.05) is 37.4 Å². The van der Waals surface area contributed by atoms with Crippen LogP contribution in [0.1, 0.15) is 52.5 Å². The van der Waals surface area contributed by atoms with Crippen LogP contribution in [0.25, 0.3) is 0 Å². The second kappa shape index (κ2) is 11.4. The number of carbonyl (C=O) groups excluding carboxylic acids is 3. The minimum absolute atomic E-state index is 0.136. The Morgan fingerprint density at radius 2 is 2.16 bits per heavy atom. The Kier molecular flexibility index (Phi) is 8.67. The number of imide groups is 1. The Hall–Kier alpha value is -2.42. The highest BCUT2D eigenvalue weighted by Gasteiger charge is 2.37. The maximum atomic E-state index is 12.9. The fourth-order valence-corrected chi connectivity index (χ4v) is 4.97. The van der Waals surface area contributed by atoms with Crippen LogP contribution < -0.4 is 16.0 Å². The van der Waals surface area contributed by atoms with Crippen LogP contribution in [0.3, 0.4) is 0 Å². The highest BCUT2D eigenvalue weighted by atomic mass is 35.5. The molecule has 0 bridgehead atoms. The highest BCUT2D eigenvalue weighted by Crippen LogP contribution is 2.33. The van der Waals surface area contributed by atoms with Gasteiger partial charge < -0.3 is 15.5 Å². The fourth-order valence-electron chi connectivity index (χ4n) is 3.78. The Balaban J connectivity index is 1.48. The SMILES string of the molecule is CCCC(C(=O)NC=O)N1Cc2c(csc2CNCCCNc2ccc(C)c(Cl)c2)C1=O. The number of benzene rings is 1. The number of carbonyl (C=O) groups is 3. The number of halogens is 1. The van der Waals surface area contributed by atoms with Crippen molar-refractivity contribution in [1.82, 2.24) is 15.5 Å². The molecule has 1 atom stereocenters. The number of rotatable bonds is 12. The first kappa shape index (κ1) is 24.2. The molecule has 9 heteroatoms. The van der Waals surface area contributed by atoms with Gasteiger partial charge in [-0.1, -0.05) is 31.0 Å². The molecular weight excluding hydrogens is 448 g/mol. The Morgan fingerprint density at radius 1 is 1.34 bits per heavy atom. The van der Waals surface area contributed by atoms with Gasteiger partial charge in [0.15, 0.2) is 0 Å². The topological polar surface area (TPSA) is 90.5 Å². The number of amides is 3. The third-order valence-corrected chi connectivity index (χ3v) is 7.00. The molecule has 0 radical (unpaired) electrons. The first-order chi connectivity index (χ1) is 15.5. The summed E-state index contributed by atoms with van der Waals surface area (Å²) in [5.74, 6) is -0.561. The summed E-state index contributed by atoms with van der Waals surface area (Å²) in [7, 11) is 0. The summed E-state index contributed by atoms with van der Waals surface area (Å²) in [4.78, 5) is 38.5. The number of nitrogens with one attached hydrogen (secondary N) is 3. The lowest BCUT2D eigenvalue weighted by Gasteiger charge is -2.26. The minimum atomic E-state index is -0.628. The quantitative estimate of drug-likeness (QED) is 0.321. The molecule has 172 valence electrons. The largest absolute Gasteiger partial charge is 0.385 e. The van der Waals surface area contributed by atoms with Crippen LogP contribution >= 0.6 is 22.9 Å². The van der Waals surface area contributed by atoms with Gasteiger partial charge in [0.05, 0.1) is 5.56 Å². The minimum Gasteiger partial charge on any atom is -0.385 e. The normalized spacial score (nSPS) is 13.7. The van der Waals surface area contributed by atoms with Crippen molar-refractivity contribution in [2.45, 2.75) is 52.2 Å². The summed E-state index contributed by atoms with van der Waals surface area (Å²) < 4.78 is 0. The molecule has 32 heavy (non-hydrogen) atoms. The van der Waals surface area contributed by atoms with Crippen LogP contribution in [0.2, 0.25) is 5.02 Å². The molecule has 3 rings (SSSR count). The van der Waals surface area contributed by atoms with Crippen LogP contribution in [0.5, 0.6) is 0 Å². The van der Waals surface area contributed by atoms with Gasteiger partial charge in [-0.05, 0) is 49.6 Å². The molecule has 0 saturated carbocycles. The maximum absolute atomic E-state index is 12.9. The van der Waals surface area contributed by atoms with Gasteiger partial charge in [-0.3, -0.25) is 19.7 Å². The molecule has 0 saturated heterocycles. The van der Waals surface area contributed by atoms with Crippen LogP contribution in [0, 0.1) is 6.92 Å². The molecule has 2 heterocycles. The molecule has 3 N–H and O–H groups in total. The van der Waals surface area contributed by atoms with Gasteiger partial charge in [0.2, 0.25) is 12.3 Å². The number of fused-ring (bicyclic) bond motifs is 1. The van der Waals surface area contributed by atoms with E-state index < -0.39 is 11.9 Å². The predicted molar refractivity (Wildman–Crippen MR) is 128 cm³/mol. The Labute approximate surface area is 197 Å². The van der Waals surface area contributed by atoms with Gasteiger partial charge in [0.25, 0.3) is 5.91 Å². The second-order valence-electron chi connectivity index (χ2n) is 7.84. The van der Waals surface area contributed by atoms with E-state index in [-0.39, 0.29) is 5.91 Å². The van der Waals surface area contributed by atoms with Gasteiger partial charge >= 0.3 is 0 Å². The van der Waals surface area contributed by atoms with Gasteiger partial charge in [-0.25, -0.2) is 0 Å². The van der Waals surface area contributed by atoms with Gasteiger partial charge in [-0.15, -0.1) is 11.3 Å². The second-order valence-corrected chi connectivity index (χ2v) is 9.21. The van der Waals surface area contributed by atoms with Gasteiger partial charge in [0, 0.05) is 40.6 Å². The first-order valence-electron chi connectivity index (χ1n) is 10.8. The number of nitrogens with zero attached hydrogens (tertiary/aromatic N) is 1. The first-order valence-corrected chi connectivity index (χ1v) is 12.1. The summed E-state index contributed by atoms with van der Waals surface area (Å²) in [6.07, 6.45) is 2.57. The lowest BCUT2D eigenvalue weighted by Crippen LogP contribution is -2.46. The average molecular weight is 477 g/mol. The Bertz CT molecular complexity index is 978. The zero-order valence-corrected chi connectivity index (χ0v) is 19.9. The standard InChI is InChI=1S/C23H29ClN4O3S/c1-3-5-20(22(30)27-14-29)28-12-17-18(23(28)31)13-32-21(17)11-25-8-4-9-26-16-7-6-15(2)19(24)10-16/h6-7,10,13-14,20,25-26H,3-5,8-9,11-12H2,1-2H3,(H,27,29,30). The van der Waals surface area contributed by atoms with E-state index in [1.54, 1.807) is 16.2 Å². The van der Waals surface area contributed by atoms with Crippen molar-refractivity contribution < 1.29 is 14.4 Å². The van der Waals surface area contributed by atoms with Crippen LogP contribution in [-0.4, -0.2) is 42.3 Å². The molecule has 0 spiro atoms.